The van der Waals surface area contributed by atoms with Gasteiger partial charge in [-0.2, -0.15) is 0 Å². The number of unbranched alkanes of at least 4 members (excludes halogenated alkanes) is 13. The molecule has 0 amide bonds. The van der Waals surface area contributed by atoms with Crippen molar-refractivity contribution >= 4 is 8.80 Å². The van der Waals surface area contributed by atoms with Gasteiger partial charge in [0.25, 0.3) is 0 Å². The summed E-state index contributed by atoms with van der Waals surface area (Å²) < 4.78 is 16.7. The first-order valence-corrected chi connectivity index (χ1v) is 14.2. The van der Waals surface area contributed by atoms with E-state index >= 15 is 0 Å². The van der Waals surface area contributed by atoms with E-state index in [4.69, 9.17) is 19.0 Å². The van der Waals surface area contributed by atoms with Crippen molar-refractivity contribution in [1.82, 2.24) is 0 Å². The zero-order valence-electron chi connectivity index (χ0n) is 20.7. The minimum absolute atomic E-state index is 0.203. The topological polar surface area (TPSA) is 53.7 Å². The van der Waals surface area contributed by atoms with Crippen LogP contribution in [0.15, 0.2) is 0 Å². The molecular formula is C24H53NO3Si. The van der Waals surface area contributed by atoms with Gasteiger partial charge in [0.1, 0.15) is 0 Å². The number of rotatable bonds is 21. The summed E-state index contributed by atoms with van der Waals surface area (Å²) in [6, 6.07) is 0.766. The maximum atomic E-state index is 6.63. The maximum Gasteiger partial charge on any atom is 0.500 e. The number of hydrogen-bond donors (Lipinski definition) is 1. The van der Waals surface area contributed by atoms with Gasteiger partial charge >= 0.3 is 8.80 Å². The van der Waals surface area contributed by atoms with Crippen molar-refractivity contribution in [2.45, 2.75) is 129 Å². The minimum atomic E-state index is -2.56. The van der Waals surface area contributed by atoms with Gasteiger partial charge in [-0.05, 0) is 19.3 Å². The molecule has 0 radical (unpaired) electrons. The lowest BCUT2D eigenvalue weighted by Crippen LogP contribution is -2.51. The number of nitrogens with two attached hydrogens (primary N) is 1. The van der Waals surface area contributed by atoms with E-state index in [2.05, 4.69) is 20.8 Å². The minimum Gasteiger partial charge on any atom is -0.377 e. The molecule has 0 bridgehead atoms. The van der Waals surface area contributed by atoms with Gasteiger partial charge in [-0.1, -0.05) is 104 Å². The van der Waals surface area contributed by atoms with Gasteiger partial charge in [-0.25, -0.2) is 0 Å². The molecule has 176 valence electrons. The Kier molecular flexibility index (Phi) is 17.7. The van der Waals surface area contributed by atoms with Crippen molar-refractivity contribution in [3.05, 3.63) is 0 Å². The van der Waals surface area contributed by atoms with E-state index in [0.29, 0.717) is 5.92 Å². The summed E-state index contributed by atoms with van der Waals surface area (Å²) in [6.45, 7) is 6.65. The van der Waals surface area contributed by atoms with Crippen LogP contribution in [0.3, 0.4) is 0 Å². The summed E-state index contributed by atoms with van der Waals surface area (Å²) in [4.78, 5) is 0. The van der Waals surface area contributed by atoms with E-state index in [1.54, 1.807) is 21.3 Å². The highest BCUT2D eigenvalue weighted by Crippen LogP contribution is 2.30. The predicted octanol–water partition coefficient (Wildman–Crippen LogP) is 7.09. The molecule has 2 N–H and O–H groups in total. The summed E-state index contributed by atoms with van der Waals surface area (Å²) in [6.07, 6.45) is 20.5. The van der Waals surface area contributed by atoms with Crippen LogP contribution in [0.25, 0.3) is 0 Å². The SMILES string of the molecule is CCCCCCCCCCCCCCCCC(C)(N)C(C)C[Si](OC)(OC)OC. The van der Waals surface area contributed by atoms with Crippen LogP contribution in [0, 0.1) is 5.92 Å². The van der Waals surface area contributed by atoms with Gasteiger partial charge in [0.2, 0.25) is 0 Å². The van der Waals surface area contributed by atoms with Crippen LogP contribution in [0.4, 0.5) is 0 Å². The molecule has 0 heterocycles. The molecule has 29 heavy (non-hydrogen) atoms. The van der Waals surface area contributed by atoms with Crippen LogP contribution in [0.5, 0.6) is 0 Å². The van der Waals surface area contributed by atoms with Gasteiger partial charge in [0, 0.05) is 32.9 Å². The third-order valence-electron chi connectivity index (χ3n) is 6.68. The van der Waals surface area contributed by atoms with Gasteiger partial charge < -0.3 is 19.0 Å². The first-order chi connectivity index (χ1) is 13.9. The highest BCUT2D eigenvalue weighted by atomic mass is 28.4. The fourth-order valence-electron chi connectivity index (χ4n) is 4.06. The zero-order chi connectivity index (χ0) is 22.0. The fourth-order valence-corrected chi connectivity index (χ4v) is 6.27. The van der Waals surface area contributed by atoms with E-state index in [-0.39, 0.29) is 5.54 Å². The average molecular weight is 432 g/mol. The molecule has 5 heteroatoms. The lowest BCUT2D eigenvalue weighted by Gasteiger charge is -2.36. The van der Waals surface area contributed by atoms with Crippen LogP contribution < -0.4 is 5.73 Å². The largest absolute Gasteiger partial charge is 0.500 e. The Morgan fingerprint density at radius 3 is 1.38 bits per heavy atom. The molecule has 0 aromatic carbocycles. The average Bonchev–Trinajstić information content (AvgIpc) is 2.72. The molecule has 0 aliphatic rings. The van der Waals surface area contributed by atoms with Crippen LogP contribution in [0.2, 0.25) is 6.04 Å². The molecule has 0 spiro atoms. The van der Waals surface area contributed by atoms with E-state index in [1.165, 1.54) is 89.9 Å². The molecule has 2 atom stereocenters. The van der Waals surface area contributed by atoms with Crippen molar-refractivity contribution in [1.29, 1.82) is 0 Å². The van der Waals surface area contributed by atoms with E-state index < -0.39 is 8.80 Å². The standard InChI is InChI=1S/C24H53NO3Si/c1-7-8-9-10-11-12-13-14-15-16-17-18-19-20-21-24(3,25)23(2)22-29(26-4,27-5)28-6/h23H,7-22,25H2,1-6H3. The van der Waals surface area contributed by atoms with Gasteiger partial charge in [0.05, 0.1) is 0 Å². The molecule has 4 nitrogen and oxygen atoms in total. The third-order valence-corrected chi connectivity index (χ3v) is 9.66. The van der Waals surface area contributed by atoms with Crippen molar-refractivity contribution < 1.29 is 13.3 Å². The lowest BCUT2D eigenvalue weighted by molar-refractivity contribution is 0.112. The van der Waals surface area contributed by atoms with Gasteiger partial charge in [0.15, 0.2) is 0 Å². The quantitative estimate of drug-likeness (QED) is 0.156. The summed E-state index contributed by atoms with van der Waals surface area (Å²) in [7, 11) is 2.46. The fraction of sp³-hybridized carbons (Fsp3) is 1.00. The van der Waals surface area contributed by atoms with E-state index in [1.807, 2.05) is 0 Å². The second-order valence-electron chi connectivity index (χ2n) is 9.25. The molecular weight excluding hydrogens is 378 g/mol. The molecule has 0 rings (SSSR count). The van der Waals surface area contributed by atoms with Crippen LogP contribution in [0.1, 0.15) is 117 Å². The molecule has 0 fully saturated rings. The zero-order valence-corrected chi connectivity index (χ0v) is 21.7. The van der Waals surface area contributed by atoms with Crippen LogP contribution in [-0.4, -0.2) is 35.7 Å². The molecule has 2 unspecified atom stereocenters. The lowest BCUT2D eigenvalue weighted by atomic mass is 9.84. The molecule has 0 aliphatic heterocycles. The normalized spacial score (nSPS) is 15.4. The first-order valence-electron chi connectivity index (χ1n) is 12.3. The maximum absolute atomic E-state index is 6.63. The van der Waals surface area contributed by atoms with Crippen molar-refractivity contribution in [3.63, 3.8) is 0 Å². The predicted molar refractivity (Wildman–Crippen MR) is 128 cm³/mol. The highest BCUT2D eigenvalue weighted by molar-refractivity contribution is 6.60. The van der Waals surface area contributed by atoms with Crippen molar-refractivity contribution in [2.75, 3.05) is 21.3 Å². The Labute approximate surface area is 184 Å². The Bertz CT molecular complexity index is 354. The van der Waals surface area contributed by atoms with Crippen molar-refractivity contribution in [2.24, 2.45) is 11.7 Å². The summed E-state index contributed by atoms with van der Waals surface area (Å²) in [5.41, 5.74) is 6.43. The summed E-state index contributed by atoms with van der Waals surface area (Å²) in [5.74, 6) is 0.302. The molecule has 0 aromatic heterocycles. The smallest absolute Gasteiger partial charge is 0.377 e. The van der Waals surface area contributed by atoms with Crippen LogP contribution in [-0.2, 0) is 13.3 Å². The monoisotopic (exact) mass is 431 g/mol. The second-order valence-corrected chi connectivity index (χ2v) is 12.3. The number of hydrogen-bond acceptors (Lipinski definition) is 4. The first kappa shape index (κ1) is 29.1. The van der Waals surface area contributed by atoms with E-state index in [9.17, 15) is 0 Å². The molecule has 0 aromatic rings. The van der Waals surface area contributed by atoms with Gasteiger partial charge in [-0.15, -0.1) is 0 Å². The molecule has 0 aliphatic carbocycles. The summed E-state index contributed by atoms with van der Waals surface area (Å²) >= 11 is 0. The van der Waals surface area contributed by atoms with Gasteiger partial charge in [-0.3, -0.25) is 0 Å². The van der Waals surface area contributed by atoms with Crippen LogP contribution >= 0.6 is 0 Å². The Morgan fingerprint density at radius 2 is 1.03 bits per heavy atom. The van der Waals surface area contributed by atoms with E-state index in [0.717, 1.165) is 12.5 Å². The Hall–Kier alpha value is 0.0569. The Morgan fingerprint density at radius 1 is 0.690 bits per heavy atom. The Balaban J connectivity index is 3.70. The third kappa shape index (κ3) is 13.9. The second kappa shape index (κ2) is 17.7. The van der Waals surface area contributed by atoms with Crippen molar-refractivity contribution in [3.8, 4) is 0 Å². The highest BCUT2D eigenvalue weighted by Gasteiger charge is 2.43. The summed E-state index contributed by atoms with van der Waals surface area (Å²) in [5, 5.41) is 0. The molecule has 0 saturated heterocycles. The molecule has 0 saturated carbocycles.